The van der Waals surface area contributed by atoms with Gasteiger partial charge in [0.15, 0.2) is 0 Å². The van der Waals surface area contributed by atoms with Crippen molar-refractivity contribution in [3.63, 3.8) is 0 Å². The molecule has 94 valence electrons. The predicted molar refractivity (Wildman–Crippen MR) is 66.4 cm³/mol. The standard InChI is InChI=1S/C13H26N2O/c1-3-11(9-16-2)15-12-5-4-6-13(15)8-10(14)7-12/h10-13H,3-9,14H2,1-2H3. The van der Waals surface area contributed by atoms with Gasteiger partial charge < -0.3 is 10.5 Å². The molecule has 2 aliphatic heterocycles. The first-order valence-corrected chi connectivity index (χ1v) is 6.78. The van der Waals surface area contributed by atoms with Gasteiger partial charge in [-0.1, -0.05) is 13.3 Å². The lowest BCUT2D eigenvalue weighted by Crippen LogP contribution is -2.59. The zero-order chi connectivity index (χ0) is 11.5. The van der Waals surface area contributed by atoms with Crippen LogP contribution >= 0.6 is 0 Å². The van der Waals surface area contributed by atoms with E-state index in [0.29, 0.717) is 12.1 Å². The highest BCUT2D eigenvalue weighted by molar-refractivity contribution is 4.96. The van der Waals surface area contributed by atoms with E-state index in [9.17, 15) is 0 Å². The zero-order valence-electron chi connectivity index (χ0n) is 10.7. The molecule has 0 spiro atoms. The first kappa shape index (κ1) is 12.3. The van der Waals surface area contributed by atoms with Gasteiger partial charge in [0.25, 0.3) is 0 Å². The third-order valence-electron chi connectivity index (χ3n) is 4.32. The van der Waals surface area contributed by atoms with Crippen molar-refractivity contribution in [2.45, 2.75) is 69.6 Å². The number of nitrogens with two attached hydrogens (primary N) is 1. The monoisotopic (exact) mass is 226 g/mol. The molecule has 16 heavy (non-hydrogen) atoms. The number of fused-ring (bicyclic) bond motifs is 2. The van der Waals surface area contributed by atoms with Gasteiger partial charge >= 0.3 is 0 Å². The van der Waals surface area contributed by atoms with Crippen LogP contribution in [0.5, 0.6) is 0 Å². The molecule has 2 fully saturated rings. The molecular formula is C13H26N2O. The highest BCUT2D eigenvalue weighted by Crippen LogP contribution is 2.35. The van der Waals surface area contributed by atoms with E-state index in [1.54, 1.807) is 0 Å². The molecule has 0 amide bonds. The number of hydrogen-bond acceptors (Lipinski definition) is 3. The SMILES string of the molecule is CCC(COC)N1C2CCCC1CC(N)C2. The van der Waals surface area contributed by atoms with Gasteiger partial charge in [0.2, 0.25) is 0 Å². The lowest BCUT2D eigenvalue weighted by atomic mass is 9.80. The fourth-order valence-electron chi connectivity index (χ4n) is 3.66. The van der Waals surface area contributed by atoms with Gasteiger partial charge in [-0.25, -0.2) is 0 Å². The van der Waals surface area contributed by atoms with Crippen LogP contribution in [0.1, 0.15) is 45.4 Å². The Morgan fingerprint density at radius 2 is 1.94 bits per heavy atom. The predicted octanol–water partition coefficient (Wildman–Crippen LogP) is 1.76. The molecule has 2 saturated heterocycles. The maximum atomic E-state index is 6.14. The van der Waals surface area contributed by atoms with Crippen molar-refractivity contribution in [2.75, 3.05) is 13.7 Å². The van der Waals surface area contributed by atoms with Crippen LogP contribution in [0.3, 0.4) is 0 Å². The summed E-state index contributed by atoms with van der Waals surface area (Å²) in [5.74, 6) is 0. The number of methoxy groups -OCH3 is 1. The second-order valence-electron chi connectivity index (χ2n) is 5.43. The summed E-state index contributed by atoms with van der Waals surface area (Å²) >= 11 is 0. The van der Waals surface area contributed by atoms with Crippen molar-refractivity contribution in [3.05, 3.63) is 0 Å². The maximum Gasteiger partial charge on any atom is 0.0618 e. The van der Waals surface area contributed by atoms with E-state index in [1.165, 1.54) is 38.5 Å². The second-order valence-corrected chi connectivity index (χ2v) is 5.43. The van der Waals surface area contributed by atoms with Gasteiger partial charge in [-0.15, -0.1) is 0 Å². The van der Waals surface area contributed by atoms with Gasteiger partial charge in [-0.3, -0.25) is 4.90 Å². The van der Waals surface area contributed by atoms with E-state index < -0.39 is 0 Å². The molecule has 2 rings (SSSR count). The van der Waals surface area contributed by atoms with Crippen LogP contribution in [0.4, 0.5) is 0 Å². The Labute approximate surface area is 99.3 Å². The number of piperidine rings is 2. The van der Waals surface area contributed by atoms with Crippen LogP contribution in [0.15, 0.2) is 0 Å². The summed E-state index contributed by atoms with van der Waals surface area (Å²) in [6.45, 7) is 3.15. The molecule has 2 N–H and O–H groups in total. The summed E-state index contributed by atoms with van der Waals surface area (Å²) in [4.78, 5) is 2.73. The number of ether oxygens (including phenoxy) is 1. The molecular weight excluding hydrogens is 200 g/mol. The Bertz CT molecular complexity index is 202. The van der Waals surface area contributed by atoms with Crippen LogP contribution in [-0.4, -0.2) is 42.8 Å². The van der Waals surface area contributed by atoms with Crippen molar-refractivity contribution in [3.8, 4) is 0 Å². The fraction of sp³-hybridized carbons (Fsp3) is 1.00. The van der Waals surface area contributed by atoms with Gasteiger partial charge in [0, 0.05) is 31.3 Å². The van der Waals surface area contributed by atoms with Gasteiger partial charge in [0.1, 0.15) is 0 Å². The largest absolute Gasteiger partial charge is 0.383 e. The van der Waals surface area contributed by atoms with Crippen molar-refractivity contribution in [1.82, 2.24) is 4.90 Å². The molecule has 0 radical (unpaired) electrons. The summed E-state index contributed by atoms with van der Waals surface area (Å²) in [5.41, 5.74) is 6.14. The van der Waals surface area contributed by atoms with Crippen LogP contribution in [0, 0.1) is 0 Å². The molecule has 0 aromatic rings. The van der Waals surface area contributed by atoms with Crippen LogP contribution in [-0.2, 0) is 4.74 Å². The third kappa shape index (κ3) is 2.41. The molecule has 3 unspecified atom stereocenters. The van der Waals surface area contributed by atoms with Crippen molar-refractivity contribution in [1.29, 1.82) is 0 Å². The van der Waals surface area contributed by atoms with E-state index in [2.05, 4.69) is 11.8 Å². The third-order valence-corrected chi connectivity index (χ3v) is 4.32. The molecule has 2 heterocycles. The smallest absolute Gasteiger partial charge is 0.0618 e. The molecule has 0 aliphatic carbocycles. The van der Waals surface area contributed by atoms with Crippen LogP contribution in [0.25, 0.3) is 0 Å². The summed E-state index contributed by atoms with van der Waals surface area (Å²) in [6.07, 6.45) is 7.64. The van der Waals surface area contributed by atoms with Gasteiger partial charge in [0.05, 0.1) is 6.61 Å². The fourth-order valence-corrected chi connectivity index (χ4v) is 3.66. The van der Waals surface area contributed by atoms with Crippen LogP contribution in [0.2, 0.25) is 0 Å². The molecule has 0 saturated carbocycles. The Morgan fingerprint density at radius 1 is 1.31 bits per heavy atom. The van der Waals surface area contributed by atoms with Crippen molar-refractivity contribution >= 4 is 0 Å². The lowest BCUT2D eigenvalue weighted by Gasteiger charge is -2.51. The molecule has 0 aromatic carbocycles. The molecule has 3 heteroatoms. The number of nitrogens with zero attached hydrogens (tertiary/aromatic N) is 1. The van der Waals surface area contributed by atoms with Gasteiger partial charge in [-0.05, 0) is 32.1 Å². The quantitative estimate of drug-likeness (QED) is 0.794. The second kappa shape index (κ2) is 5.48. The normalized spacial score (nSPS) is 37.3. The minimum atomic E-state index is 0.437. The Hall–Kier alpha value is -0.120. The first-order valence-electron chi connectivity index (χ1n) is 6.78. The summed E-state index contributed by atoms with van der Waals surface area (Å²) < 4.78 is 5.37. The highest BCUT2D eigenvalue weighted by atomic mass is 16.5. The Morgan fingerprint density at radius 3 is 2.44 bits per heavy atom. The van der Waals surface area contributed by atoms with E-state index in [0.717, 1.165) is 18.7 Å². The first-order chi connectivity index (χ1) is 7.76. The van der Waals surface area contributed by atoms with E-state index in [4.69, 9.17) is 10.5 Å². The minimum absolute atomic E-state index is 0.437. The molecule has 2 aliphatic rings. The summed E-state index contributed by atoms with van der Waals surface area (Å²) in [7, 11) is 1.81. The highest BCUT2D eigenvalue weighted by Gasteiger charge is 2.39. The maximum absolute atomic E-state index is 6.14. The van der Waals surface area contributed by atoms with Crippen molar-refractivity contribution < 1.29 is 4.74 Å². The average molecular weight is 226 g/mol. The van der Waals surface area contributed by atoms with Crippen molar-refractivity contribution in [2.24, 2.45) is 5.73 Å². The molecule has 3 atom stereocenters. The van der Waals surface area contributed by atoms with E-state index in [-0.39, 0.29) is 0 Å². The Balaban J connectivity index is 2.06. The van der Waals surface area contributed by atoms with E-state index >= 15 is 0 Å². The van der Waals surface area contributed by atoms with Crippen LogP contribution < -0.4 is 5.73 Å². The molecule has 0 aromatic heterocycles. The van der Waals surface area contributed by atoms with E-state index in [1.807, 2.05) is 7.11 Å². The average Bonchev–Trinajstić information content (AvgIpc) is 2.25. The summed E-state index contributed by atoms with van der Waals surface area (Å²) in [5, 5.41) is 0. The zero-order valence-corrected chi connectivity index (χ0v) is 10.7. The summed E-state index contributed by atoms with van der Waals surface area (Å²) in [6, 6.07) is 2.49. The lowest BCUT2D eigenvalue weighted by molar-refractivity contribution is -0.0317. The number of hydrogen-bond donors (Lipinski definition) is 1. The Kier molecular flexibility index (Phi) is 4.22. The molecule has 3 nitrogen and oxygen atoms in total. The molecule has 2 bridgehead atoms. The topological polar surface area (TPSA) is 38.5 Å². The number of rotatable bonds is 4. The van der Waals surface area contributed by atoms with Gasteiger partial charge in [-0.2, -0.15) is 0 Å². The minimum Gasteiger partial charge on any atom is -0.383 e.